The van der Waals surface area contributed by atoms with E-state index >= 15 is 0 Å². The zero-order valence-corrected chi connectivity index (χ0v) is 12.3. The highest BCUT2D eigenvalue weighted by Gasteiger charge is 2.17. The predicted octanol–water partition coefficient (Wildman–Crippen LogP) is 0.832. The van der Waals surface area contributed by atoms with Crippen LogP contribution in [0, 0.1) is 6.92 Å². The smallest absolute Gasteiger partial charge is 0.240 e. The molecule has 3 N–H and O–H groups in total. The molecule has 0 aliphatic carbocycles. The largest absolute Gasteiger partial charge is 0.398 e. The summed E-state index contributed by atoms with van der Waals surface area (Å²) in [5.41, 5.74) is 7.62. The number of aryl methyl sites for hydroxylation is 1. The SMILES string of the molecule is Cc1c(N)cccc1S(=O)(=O)NCCc1ccn(C)n1. The lowest BCUT2D eigenvalue weighted by molar-refractivity contribution is 0.580. The lowest BCUT2D eigenvalue weighted by Gasteiger charge is -2.10. The number of hydrogen-bond acceptors (Lipinski definition) is 4. The third-order valence-electron chi connectivity index (χ3n) is 3.06. The minimum Gasteiger partial charge on any atom is -0.398 e. The number of hydrogen-bond donors (Lipinski definition) is 2. The summed E-state index contributed by atoms with van der Waals surface area (Å²) >= 11 is 0. The third-order valence-corrected chi connectivity index (χ3v) is 4.66. The number of sulfonamides is 1. The van der Waals surface area contributed by atoms with Gasteiger partial charge < -0.3 is 5.73 Å². The monoisotopic (exact) mass is 294 g/mol. The van der Waals surface area contributed by atoms with Gasteiger partial charge in [0.25, 0.3) is 0 Å². The Hall–Kier alpha value is -1.86. The van der Waals surface area contributed by atoms with Crippen molar-refractivity contribution in [1.82, 2.24) is 14.5 Å². The Kier molecular flexibility index (Phi) is 4.10. The number of nitrogens with two attached hydrogens (primary N) is 1. The summed E-state index contributed by atoms with van der Waals surface area (Å²) in [5, 5.41) is 4.20. The van der Waals surface area contributed by atoms with E-state index in [1.54, 1.807) is 29.8 Å². The van der Waals surface area contributed by atoms with Gasteiger partial charge in [0.1, 0.15) is 0 Å². The molecule has 2 rings (SSSR count). The maximum absolute atomic E-state index is 12.2. The van der Waals surface area contributed by atoms with E-state index in [-0.39, 0.29) is 4.90 Å². The molecule has 7 heteroatoms. The molecule has 0 saturated carbocycles. The first-order chi connectivity index (χ1) is 9.40. The van der Waals surface area contributed by atoms with E-state index in [2.05, 4.69) is 9.82 Å². The van der Waals surface area contributed by atoms with Gasteiger partial charge >= 0.3 is 0 Å². The molecule has 0 amide bonds. The second-order valence-corrected chi connectivity index (χ2v) is 6.33. The van der Waals surface area contributed by atoms with Crippen LogP contribution in [0.3, 0.4) is 0 Å². The third kappa shape index (κ3) is 3.17. The molecule has 0 fully saturated rings. The van der Waals surface area contributed by atoms with E-state index in [0.717, 1.165) is 5.69 Å². The van der Waals surface area contributed by atoms with Gasteiger partial charge in [0.15, 0.2) is 0 Å². The van der Waals surface area contributed by atoms with E-state index in [1.165, 1.54) is 0 Å². The van der Waals surface area contributed by atoms with E-state index in [0.29, 0.717) is 24.2 Å². The van der Waals surface area contributed by atoms with Gasteiger partial charge in [-0.25, -0.2) is 13.1 Å². The minimum atomic E-state index is -3.54. The summed E-state index contributed by atoms with van der Waals surface area (Å²) in [6.07, 6.45) is 2.37. The summed E-state index contributed by atoms with van der Waals surface area (Å²) < 4.78 is 28.7. The van der Waals surface area contributed by atoms with Crippen LogP contribution in [0.25, 0.3) is 0 Å². The van der Waals surface area contributed by atoms with Crippen molar-refractivity contribution in [3.63, 3.8) is 0 Å². The molecule has 20 heavy (non-hydrogen) atoms. The molecule has 0 unspecified atom stereocenters. The lowest BCUT2D eigenvalue weighted by atomic mass is 10.2. The van der Waals surface area contributed by atoms with Crippen LogP contribution in [-0.2, 0) is 23.5 Å². The van der Waals surface area contributed by atoms with Crippen molar-refractivity contribution >= 4 is 15.7 Å². The molecular weight excluding hydrogens is 276 g/mol. The molecule has 0 saturated heterocycles. The highest BCUT2D eigenvalue weighted by molar-refractivity contribution is 7.89. The summed E-state index contributed by atoms with van der Waals surface area (Å²) in [5.74, 6) is 0. The highest BCUT2D eigenvalue weighted by Crippen LogP contribution is 2.20. The Bertz CT molecular complexity index is 707. The fraction of sp³-hybridized carbons (Fsp3) is 0.308. The van der Waals surface area contributed by atoms with Crippen molar-refractivity contribution in [3.05, 3.63) is 41.7 Å². The number of benzene rings is 1. The average molecular weight is 294 g/mol. The van der Waals surface area contributed by atoms with Crippen molar-refractivity contribution in [2.45, 2.75) is 18.2 Å². The van der Waals surface area contributed by atoms with Crippen molar-refractivity contribution in [2.75, 3.05) is 12.3 Å². The molecule has 0 radical (unpaired) electrons. The molecule has 1 aromatic heterocycles. The van der Waals surface area contributed by atoms with Crippen LogP contribution in [0.1, 0.15) is 11.3 Å². The molecule has 0 aliphatic rings. The van der Waals surface area contributed by atoms with Gasteiger partial charge in [0.05, 0.1) is 10.6 Å². The summed E-state index contributed by atoms with van der Waals surface area (Å²) in [7, 11) is -1.72. The number of nitrogen functional groups attached to an aromatic ring is 1. The van der Waals surface area contributed by atoms with Crippen LogP contribution < -0.4 is 10.5 Å². The molecule has 0 aliphatic heterocycles. The minimum absolute atomic E-state index is 0.221. The number of rotatable bonds is 5. The van der Waals surface area contributed by atoms with E-state index in [1.807, 2.05) is 19.3 Å². The first-order valence-electron chi connectivity index (χ1n) is 6.23. The van der Waals surface area contributed by atoms with Crippen molar-refractivity contribution in [3.8, 4) is 0 Å². The molecule has 6 nitrogen and oxygen atoms in total. The van der Waals surface area contributed by atoms with Crippen LogP contribution in [-0.4, -0.2) is 24.7 Å². The molecular formula is C13H18N4O2S. The molecule has 2 aromatic rings. The van der Waals surface area contributed by atoms with Gasteiger partial charge in [-0.05, 0) is 30.7 Å². The van der Waals surface area contributed by atoms with Gasteiger partial charge in [0, 0.05) is 31.9 Å². The fourth-order valence-electron chi connectivity index (χ4n) is 1.91. The van der Waals surface area contributed by atoms with Crippen molar-refractivity contribution in [1.29, 1.82) is 0 Å². The Morgan fingerprint density at radius 2 is 2.10 bits per heavy atom. The van der Waals surface area contributed by atoms with Gasteiger partial charge in [0.2, 0.25) is 10.0 Å². The van der Waals surface area contributed by atoms with Crippen molar-refractivity contribution < 1.29 is 8.42 Å². The van der Waals surface area contributed by atoms with Crippen LogP contribution >= 0.6 is 0 Å². The summed E-state index contributed by atoms with van der Waals surface area (Å²) in [6.45, 7) is 2.00. The topological polar surface area (TPSA) is 90.0 Å². The summed E-state index contributed by atoms with van der Waals surface area (Å²) in [6, 6.07) is 6.73. The zero-order chi connectivity index (χ0) is 14.8. The first kappa shape index (κ1) is 14.5. The molecule has 0 atom stereocenters. The molecule has 108 valence electrons. The number of anilines is 1. The first-order valence-corrected chi connectivity index (χ1v) is 7.72. The van der Waals surface area contributed by atoms with Gasteiger partial charge in [-0.2, -0.15) is 5.10 Å². The number of nitrogens with one attached hydrogen (secondary N) is 1. The average Bonchev–Trinajstić information content (AvgIpc) is 2.78. The zero-order valence-electron chi connectivity index (χ0n) is 11.5. The van der Waals surface area contributed by atoms with Crippen LogP contribution in [0.5, 0.6) is 0 Å². The Morgan fingerprint density at radius 3 is 2.75 bits per heavy atom. The quantitative estimate of drug-likeness (QED) is 0.799. The predicted molar refractivity (Wildman–Crippen MR) is 77.7 cm³/mol. The van der Waals surface area contributed by atoms with Gasteiger partial charge in [-0.15, -0.1) is 0 Å². The Balaban J connectivity index is 2.06. The van der Waals surface area contributed by atoms with Crippen LogP contribution in [0.4, 0.5) is 5.69 Å². The lowest BCUT2D eigenvalue weighted by Crippen LogP contribution is -2.27. The molecule has 1 heterocycles. The maximum Gasteiger partial charge on any atom is 0.240 e. The normalized spacial score (nSPS) is 11.7. The Morgan fingerprint density at radius 1 is 1.35 bits per heavy atom. The van der Waals surface area contributed by atoms with E-state index < -0.39 is 10.0 Å². The van der Waals surface area contributed by atoms with Crippen LogP contribution in [0.2, 0.25) is 0 Å². The summed E-state index contributed by atoms with van der Waals surface area (Å²) in [4.78, 5) is 0.221. The number of nitrogens with zero attached hydrogens (tertiary/aromatic N) is 2. The van der Waals surface area contributed by atoms with Crippen LogP contribution in [0.15, 0.2) is 35.4 Å². The standard InChI is InChI=1S/C13H18N4O2S/c1-10-12(14)4-3-5-13(10)20(18,19)15-8-6-11-7-9-17(2)16-11/h3-5,7,9,15H,6,8,14H2,1-2H3. The van der Waals surface area contributed by atoms with Gasteiger partial charge in [-0.1, -0.05) is 6.07 Å². The molecule has 0 bridgehead atoms. The van der Waals surface area contributed by atoms with Gasteiger partial charge in [-0.3, -0.25) is 4.68 Å². The second kappa shape index (κ2) is 5.64. The number of aromatic nitrogens is 2. The molecule has 0 spiro atoms. The second-order valence-electron chi connectivity index (χ2n) is 4.60. The van der Waals surface area contributed by atoms with Crippen molar-refractivity contribution in [2.24, 2.45) is 7.05 Å². The highest BCUT2D eigenvalue weighted by atomic mass is 32.2. The van der Waals surface area contributed by atoms with E-state index in [9.17, 15) is 8.42 Å². The Labute approximate surface area is 118 Å². The fourth-order valence-corrected chi connectivity index (χ4v) is 3.22. The van der Waals surface area contributed by atoms with E-state index in [4.69, 9.17) is 5.73 Å². The molecule has 1 aromatic carbocycles. The maximum atomic E-state index is 12.2.